The summed E-state index contributed by atoms with van der Waals surface area (Å²) >= 11 is 0. The van der Waals surface area contributed by atoms with Gasteiger partial charge in [-0.2, -0.15) is 5.10 Å². The van der Waals surface area contributed by atoms with Crippen molar-refractivity contribution in [2.24, 2.45) is 7.05 Å². The van der Waals surface area contributed by atoms with Crippen LogP contribution >= 0.6 is 0 Å². The van der Waals surface area contributed by atoms with Crippen LogP contribution in [-0.4, -0.2) is 34.8 Å². The molecule has 1 fully saturated rings. The van der Waals surface area contributed by atoms with Crippen molar-refractivity contribution in [2.75, 3.05) is 20.1 Å². The number of hydrogen-bond acceptors (Lipinski definition) is 2. The van der Waals surface area contributed by atoms with Gasteiger partial charge in [0.1, 0.15) is 0 Å². The number of aryl methyl sites for hydroxylation is 2. The molecule has 3 heteroatoms. The van der Waals surface area contributed by atoms with Gasteiger partial charge in [0, 0.05) is 25.2 Å². The summed E-state index contributed by atoms with van der Waals surface area (Å²) in [5.74, 6) is 0.691. The van der Waals surface area contributed by atoms with Gasteiger partial charge in [-0.1, -0.05) is 0 Å². The van der Waals surface area contributed by atoms with Gasteiger partial charge in [-0.05, 0) is 33.0 Å². The van der Waals surface area contributed by atoms with E-state index in [1.807, 2.05) is 11.7 Å². The molecule has 0 aliphatic carbocycles. The monoisotopic (exact) mass is 179 g/mol. The molecule has 1 aliphatic heterocycles. The molecule has 0 spiro atoms. The van der Waals surface area contributed by atoms with Crippen molar-refractivity contribution in [3.05, 3.63) is 17.5 Å². The summed E-state index contributed by atoms with van der Waals surface area (Å²) in [5.41, 5.74) is 2.52. The van der Waals surface area contributed by atoms with Gasteiger partial charge in [0.15, 0.2) is 0 Å². The van der Waals surface area contributed by atoms with Gasteiger partial charge < -0.3 is 4.90 Å². The molecule has 3 nitrogen and oxygen atoms in total. The van der Waals surface area contributed by atoms with Gasteiger partial charge in [-0.3, -0.25) is 4.68 Å². The SMILES string of the molecule is Cc1cc(C2CCN(C)C2)n(C)n1. The van der Waals surface area contributed by atoms with Crippen molar-refractivity contribution in [3.8, 4) is 0 Å². The average molecular weight is 179 g/mol. The molecule has 1 aromatic rings. The summed E-state index contributed by atoms with van der Waals surface area (Å²) < 4.78 is 2.03. The van der Waals surface area contributed by atoms with E-state index in [0.717, 1.165) is 5.69 Å². The summed E-state index contributed by atoms with van der Waals surface area (Å²) in [7, 11) is 4.23. The Bertz CT molecular complexity index is 303. The second-order valence-electron chi connectivity index (χ2n) is 4.08. The quantitative estimate of drug-likeness (QED) is 0.645. The number of aromatic nitrogens is 2. The van der Waals surface area contributed by atoms with E-state index < -0.39 is 0 Å². The molecule has 2 rings (SSSR count). The van der Waals surface area contributed by atoms with E-state index in [-0.39, 0.29) is 0 Å². The van der Waals surface area contributed by atoms with Crippen molar-refractivity contribution in [2.45, 2.75) is 19.3 Å². The highest BCUT2D eigenvalue weighted by molar-refractivity contribution is 5.15. The summed E-state index contributed by atoms with van der Waals surface area (Å²) in [6, 6.07) is 2.21. The molecule has 0 radical (unpaired) electrons. The molecule has 72 valence electrons. The van der Waals surface area contributed by atoms with Gasteiger partial charge in [0.25, 0.3) is 0 Å². The lowest BCUT2D eigenvalue weighted by molar-refractivity contribution is 0.409. The molecule has 1 saturated heterocycles. The van der Waals surface area contributed by atoms with Crippen LogP contribution in [0.5, 0.6) is 0 Å². The molecule has 0 aromatic carbocycles. The normalized spacial score (nSPS) is 24.1. The zero-order valence-corrected chi connectivity index (χ0v) is 8.62. The molecule has 0 N–H and O–H groups in total. The third-order valence-electron chi connectivity index (χ3n) is 2.85. The third-order valence-corrected chi connectivity index (χ3v) is 2.85. The van der Waals surface area contributed by atoms with Crippen LogP contribution in [0.15, 0.2) is 6.07 Å². The lowest BCUT2D eigenvalue weighted by Crippen LogP contribution is -2.14. The number of likely N-dealkylation sites (tertiary alicyclic amines) is 1. The Morgan fingerprint density at radius 3 is 2.69 bits per heavy atom. The molecule has 1 aliphatic rings. The fourth-order valence-corrected chi connectivity index (χ4v) is 2.19. The highest BCUT2D eigenvalue weighted by Gasteiger charge is 2.23. The maximum atomic E-state index is 4.38. The highest BCUT2D eigenvalue weighted by atomic mass is 15.3. The Morgan fingerprint density at radius 1 is 1.46 bits per heavy atom. The maximum absolute atomic E-state index is 4.38. The zero-order chi connectivity index (χ0) is 9.42. The summed E-state index contributed by atoms with van der Waals surface area (Å²) in [4.78, 5) is 2.38. The first kappa shape index (κ1) is 8.75. The minimum atomic E-state index is 0.691. The minimum absolute atomic E-state index is 0.691. The number of rotatable bonds is 1. The molecule has 0 saturated carbocycles. The van der Waals surface area contributed by atoms with E-state index in [9.17, 15) is 0 Å². The molecular formula is C10H17N3. The Hall–Kier alpha value is -0.830. The van der Waals surface area contributed by atoms with Crippen molar-refractivity contribution in [3.63, 3.8) is 0 Å². The molecule has 13 heavy (non-hydrogen) atoms. The van der Waals surface area contributed by atoms with Crippen molar-refractivity contribution < 1.29 is 0 Å². The van der Waals surface area contributed by atoms with Gasteiger partial charge in [-0.15, -0.1) is 0 Å². The van der Waals surface area contributed by atoms with Crippen molar-refractivity contribution in [1.29, 1.82) is 0 Å². The van der Waals surface area contributed by atoms with Crippen LogP contribution in [0.3, 0.4) is 0 Å². The highest BCUT2D eigenvalue weighted by Crippen LogP contribution is 2.25. The van der Waals surface area contributed by atoms with E-state index in [1.165, 1.54) is 25.2 Å². The largest absolute Gasteiger partial charge is 0.306 e. The van der Waals surface area contributed by atoms with Gasteiger partial charge >= 0.3 is 0 Å². The zero-order valence-electron chi connectivity index (χ0n) is 8.62. The first-order chi connectivity index (χ1) is 6.16. The van der Waals surface area contributed by atoms with Crippen LogP contribution in [-0.2, 0) is 7.05 Å². The van der Waals surface area contributed by atoms with Crippen LogP contribution in [0.2, 0.25) is 0 Å². The molecule has 0 amide bonds. The molecule has 0 bridgehead atoms. The molecule has 2 heterocycles. The van der Waals surface area contributed by atoms with E-state index in [2.05, 4.69) is 30.0 Å². The topological polar surface area (TPSA) is 21.1 Å². The van der Waals surface area contributed by atoms with Crippen molar-refractivity contribution >= 4 is 0 Å². The lowest BCUT2D eigenvalue weighted by atomic mass is 10.0. The summed E-state index contributed by atoms with van der Waals surface area (Å²) in [5, 5.41) is 4.38. The second kappa shape index (κ2) is 3.14. The van der Waals surface area contributed by atoms with Crippen LogP contribution in [0.1, 0.15) is 23.7 Å². The smallest absolute Gasteiger partial charge is 0.0596 e. The van der Waals surface area contributed by atoms with E-state index in [4.69, 9.17) is 0 Å². The fourth-order valence-electron chi connectivity index (χ4n) is 2.19. The second-order valence-corrected chi connectivity index (χ2v) is 4.08. The summed E-state index contributed by atoms with van der Waals surface area (Å²) in [6.45, 7) is 4.45. The van der Waals surface area contributed by atoms with Gasteiger partial charge in [-0.25, -0.2) is 0 Å². The van der Waals surface area contributed by atoms with Crippen LogP contribution in [0, 0.1) is 6.92 Å². The first-order valence-corrected chi connectivity index (χ1v) is 4.86. The fraction of sp³-hybridized carbons (Fsp3) is 0.700. The standard InChI is InChI=1S/C10H17N3/c1-8-6-10(13(3)11-8)9-4-5-12(2)7-9/h6,9H,4-5,7H2,1-3H3. The minimum Gasteiger partial charge on any atom is -0.306 e. The number of nitrogens with zero attached hydrogens (tertiary/aromatic N) is 3. The van der Waals surface area contributed by atoms with Gasteiger partial charge in [0.2, 0.25) is 0 Å². The van der Waals surface area contributed by atoms with E-state index in [0.29, 0.717) is 5.92 Å². The van der Waals surface area contributed by atoms with Crippen molar-refractivity contribution in [1.82, 2.24) is 14.7 Å². The molecule has 1 unspecified atom stereocenters. The third kappa shape index (κ3) is 1.61. The van der Waals surface area contributed by atoms with Gasteiger partial charge in [0.05, 0.1) is 5.69 Å². The summed E-state index contributed by atoms with van der Waals surface area (Å²) in [6.07, 6.45) is 1.27. The van der Waals surface area contributed by atoms with Crippen LogP contribution in [0.4, 0.5) is 0 Å². The average Bonchev–Trinajstić information content (AvgIpc) is 2.58. The molecule has 1 aromatic heterocycles. The Kier molecular flexibility index (Phi) is 2.12. The maximum Gasteiger partial charge on any atom is 0.0596 e. The van der Waals surface area contributed by atoms with Crippen LogP contribution < -0.4 is 0 Å². The molecular weight excluding hydrogens is 162 g/mol. The Balaban J connectivity index is 2.20. The number of hydrogen-bond donors (Lipinski definition) is 0. The predicted octanol–water partition coefficient (Wildman–Crippen LogP) is 1.15. The Morgan fingerprint density at radius 2 is 2.23 bits per heavy atom. The molecule has 1 atom stereocenters. The number of likely N-dealkylation sites (N-methyl/N-ethyl adjacent to an activating group) is 1. The van der Waals surface area contributed by atoms with E-state index >= 15 is 0 Å². The Labute approximate surface area is 79.3 Å². The van der Waals surface area contributed by atoms with E-state index in [1.54, 1.807) is 0 Å². The first-order valence-electron chi connectivity index (χ1n) is 4.86. The lowest BCUT2D eigenvalue weighted by Gasteiger charge is -2.10. The van der Waals surface area contributed by atoms with Crippen LogP contribution in [0.25, 0.3) is 0 Å². The predicted molar refractivity (Wildman–Crippen MR) is 52.8 cm³/mol.